The van der Waals surface area contributed by atoms with Crippen LogP contribution in [0.25, 0.3) is 0 Å². The van der Waals surface area contributed by atoms with Crippen molar-refractivity contribution in [2.24, 2.45) is 0 Å². The highest BCUT2D eigenvalue weighted by Crippen LogP contribution is 2.17. The predicted octanol–water partition coefficient (Wildman–Crippen LogP) is 2.85. The molecule has 0 bridgehead atoms. The molecule has 0 aromatic heterocycles. The molecule has 23 heavy (non-hydrogen) atoms. The Balaban J connectivity index is 1.84. The first-order valence-electron chi connectivity index (χ1n) is 7.02. The summed E-state index contributed by atoms with van der Waals surface area (Å²) in [5.41, 5.74) is 0.614. The van der Waals surface area contributed by atoms with Crippen LogP contribution in [0, 0.1) is 11.6 Å². The molecule has 0 saturated heterocycles. The lowest BCUT2D eigenvalue weighted by Gasteiger charge is -2.16. The lowest BCUT2D eigenvalue weighted by Crippen LogP contribution is -2.33. The van der Waals surface area contributed by atoms with Crippen LogP contribution in [0.5, 0.6) is 5.75 Å². The van der Waals surface area contributed by atoms with Gasteiger partial charge in [0.1, 0.15) is 5.82 Å². The van der Waals surface area contributed by atoms with Gasteiger partial charge in [0.15, 0.2) is 18.2 Å². The topological polar surface area (TPSA) is 47.6 Å². The van der Waals surface area contributed by atoms with Gasteiger partial charge in [0.2, 0.25) is 0 Å². The molecule has 4 nitrogen and oxygen atoms in total. The quantitative estimate of drug-likeness (QED) is 0.853. The fourth-order valence-corrected chi connectivity index (χ4v) is 2.01. The Morgan fingerprint density at radius 2 is 1.96 bits per heavy atom. The summed E-state index contributed by atoms with van der Waals surface area (Å²) in [5.74, 6) is -1.32. The molecule has 6 heteroatoms. The van der Waals surface area contributed by atoms with Crippen LogP contribution in [-0.4, -0.2) is 26.2 Å². The van der Waals surface area contributed by atoms with Gasteiger partial charge in [-0.2, -0.15) is 0 Å². The van der Waals surface area contributed by atoms with Crippen LogP contribution in [0.1, 0.15) is 11.7 Å². The Kier molecular flexibility index (Phi) is 6.05. The zero-order valence-corrected chi connectivity index (χ0v) is 12.6. The van der Waals surface area contributed by atoms with Crippen molar-refractivity contribution in [1.29, 1.82) is 0 Å². The summed E-state index contributed by atoms with van der Waals surface area (Å²) in [7, 11) is 1.47. The van der Waals surface area contributed by atoms with Gasteiger partial charge in [0.25, 0.3) is 5.91 Å². The first kappa shape index (κ1) is 16.9. The van der Waals surface area contributed by atoms with Crippen LogP contribution >= 0.6 is 0 Å². The molecule has 0 radical (unpaired) electrons. The molecule has 1 atom stereocenters. The van der Waals surface area contributed by atoms with E-state index < -0.39 is 17.8 Å². The highest BCUT2D eigenvalue weighted by atomic mass is 19.1. The Bertz CT molecular complexity index is 664. The third-order valence-electron chi connectivity index (χ3n) is 3.19. The molecule has 1 amide bonds. The largest absolute Gasteiger partial charge is 0.481 e. The lowest BCUT2D eigenvalue weighted by atomic mass is 10.1. The number of halogens is 2. The molecular formula is C17H17F2NO3. The van der Waals surface area contributed by atoms with Gasteiger partial charge < -0.3 is 14.8 Å². The third-order valence-corrected chi connectivity index (χ3v) is 3.19. The van der Waals surface area contributed by atoms with Crippen molar-refractivity contribution >= 4 is 5.91 Å². The number of ether oxygens (including phenoxy) is 2. The number of benzene rings is 2. The van der Waals surface area contributed by atoms with Crippen LogP contribution in [0.4, 0.5) is 8.78 Å². The monoisotopic (exact) mass is 321 g/mol. The van der Waals surface area contributed by atoms with Crippen LogP contribution < -0.4 is 10.1 Å². The van der Waals surface area contributed by atoms with Gasteiger partial charge in [0, 0.05) is 13.7 Å². The molecule has 1 N–H and O–H groups in total. The molecule has 2 aromatic carbocycles. The SMILES string of the molecule is COC(CNC(=O)COc1ccccc1F)c1cccc(F)c1. The van der Waals surface area contributed by atoms with Crippen molar-refractivity contribution in [3.8, 4) is 5.75 Å². The summed E-state index contributed by atoms with van der Waals surface area (Å²) >= 11 is 0. The molecule has 0 aliphatic heterocycles. The van der Waals surface area contributed by atoms with Crippen molar-refractivity contribution in [3.63, 3.8) is 0 Å². The van der Waals surface area contributed by atoms with E-state index in [9.17, 15) is 13.6 Å². The number of carbonyl (C=O) groups is 1. The zero-order valence-electron chi connectivity index (χ0n) is 12.6. The fourth-order valence-electron chi connectivity index (χ4n) is 2.01. The van der Waals surface area contributed by atoms with Crippen molar-refractivity contribution in [2.75, 3.05) is 20.3 Å². The predicted molar refractivity (Wildman–Crippen MR) is 81.1 cm³/mol. The number of rotatable bonds is 7. The highest BCUT2D eigenvalue weighted by Gasteiger charge is 2.13. The highest BCUT2D eigenvalue weighted by molar-refractivity contribution is 5.77. The molecule has 0 spiro atoms. The normalized spacial score (nSPS) is 11.8. The summed E-state index contributed by atoms with van der Waals surface area (Å²) in [4.78, 5) is 11.8. The van der Waals surface area contributed by atoms with Gasteiger partial charge in [0.05, 0.1) is 6.10 Å². The number of para-hydroxylation sites is 1. The minimum Gasteiger partial charge on any atom is -0.481 e. The second kappa shape index (κ2) is 8.24. The van der Waals surface area contributed by atoms with Crippen LogP contribution in [0.3, 0.4) is 0 Å². The number of hydrogen-bond donors (Lipinski definition) is 1. The Morgan fingerprint density at radius 3 is 2.65 bits per heavy atom. The molecule has 0 aliphatic rings. The van der Waals surface area contributed by atoms with Crippen molar-refractivity contribution < 1.29 is 23.0 Å². The molecule has 2 rings (SSSR count). The third kappa shape index (κ3) is 5.03. The number of methoxy groups -OCH3 is 1. The van der Waals surface area contributed by atoms with E-state index in [1.54, 1.807) is 18.2 Å². The standard InChI is InChI=1S/C17H17F2NO3/c1-22-16(12-5-4-6-13(18)9-12)10-20-17(21)11-23-15-8-3-2-7-14(15)19/h2-9,16H,10-11H2,1H3,(H,20,21). The average molecular weight is 321 g/mol. The zero-order chi connectivity index (χ0) is 16.7. The summed E-state index contributed by atoms with van der Waals surface area (Å²) in [6.07, 6.45) is -0.483. The van der Waals surface area contributed by atoms with Gasteiger partial charge in [-0.3, -0.25) is 4.79 Å². The van der Waals surface area contributed by atoms with E-state index >= 15 is 0 Å². The Labute approximate surface area is 133 Å². The van der Waals surface area contributed by atoms with Crippen LogP contribution in [0.2, 0.25) is 0 Å². The Hall–Kier alpha value is -2.47. The number of hydrogen-bond acceptors (Lipinski definition) is 3. The molecule has 0 saturated carbocycles. The van der Waals surface area contributed by atoms with E-state index in [2.05, 4.69) is 5.32 Å². The number of carbonyl (C=O) groups excluding carboxylic acids is 1. The summed E-state index contributed by atoms with van der Waals surface area (Å²) < 4.78 is 36.9. The van der Waals surface area contributed by atoms with Gasteiger partial charge >= 0.3 is 0 Å². The lowest BCUT2D eigenvalue weighted by molar-refractivity contribution is -0.123. The van der Waals surface area contributed by atoms with E-state index in [4.69, 9.17) is 9.47 Å². The molecule has 0 heterocycles. The van der Waals surface area contributed by atoms with Crippen LogP contribution in [-0.2, 0) is 9.53 Å². The van der Waals surface area contributed by atoms with E-state index in [1.165, 1.54) is 37.4 Å². The van der Waals surface area contributed by atoms with E-state index in [1.807, 2.05) is 0 Å². The molecule has 0 fully saturated rings. The first-order chi connectivity index (χ1) is 11.1. The molecule has 2 aromatic rings. The summed E-state index contributed by atoms with van der Waals surface area (Å²) in [5, 5.41) is 2.61. The smallest absolute Gasteiger partial charge is 0.258 e. The molecule has 0 aliphatic carbocycles. The molecular weight excluding hydrogens is 304 g/mol. The summed E-state index contributed by atoms with van der Waals surface area (Å²) in [6, 6.07) is 11.8. The van der Waals surface area contributed by atoms with Crippen LogP contribution in [0.15, 0.2) is 48.5 Å². The maximum Gasteiger partial charge on any atom is 0.258 e. The van der Waals surface area contributed by atoms with Gasteiger partial charge in [-0.15, -0.1) is 0 Å². The van der Waals surface area contributed by atoms with E-state index in [0.717, 1.165) is 0 Å². The molecule has 1 unspecified atom stereocenters. The van der Waals surface area contributed by atoms with Gasteiger partial charge in [-0.1, -0.05) is 24.3 Å². The maximum absolute atomic E-state index is 13.4. The van der Waals surface area contributed by atoms with E-state index in [-0.39, 0.29) is 24.7 Å². The number of nitrogens with one attached hydrogen (secondary N) is 1. The molecule has 122 valence electrons. The summed E-state index contributed by atoms with van der Waals surface area (Å²) in [6.45, 7) is -0.167. The number of amides is 1. The fraction of sp³-hybridized carbons (Fsp3) is 0.235. The minimum absolute atomic E-state index is 0.0103. The average Bonchev–Trinajstić information content (AvgIpc) is 2.55. The Morgan fingerprint density at radius 1 is 1.17 bits per heavy atom. The maximum atomic E-state index is 13.4. The van der Waals surface area contributed by atoms with Crippen molar-refractivity contribution in [2.45, 2.75) is 6.10 Å². The minimum atomic E-state index is -0.533. The second-order valence-electron chi connectivity index (χ2n) is 4.80. The second-order valence-corrected chi connectivity index (χ2v) is 4.80. The van der Waals surface area contributed by atoms with E-state index in [0.29, 0.717) is 5.56 Å². The van der Waals surface area contributed by atoms with Crippen molar-refractivity contribution in [1.82, 2.24) is 5.32 Å². The first-order valence-corrected chi connectivity index (χ1v) is 7.02. The van der Waals surface area contributed by atoms with Crippen molar-refractivity contribution in [3.05, 3.63) is 65.7 Å². The van der Waals surface area contributed by atoms with Gasteiger partial charge in [-0.05, 0) is 29.8 Å². The van der Waals surface area contributed by atoms with Gasteiger partial charge in [-0.25, -0.2) is 8.78 Å².